The zero-order chi connectivity index (χ0) is 18.2. The number of rotatable bonds is 4. The second-order valence-corrected chi connectivity index (χ2v) is 7.82. The molecule has 10 heteroatoms. The Balaban J connectivity index is 1.97. The second kappa shape index (κ2) is 6.52. The minimum atomic E-state index is -4.02. The van der Waals surface area contributed by atoms with E-state index < -0.39 is 14.9 Å². The van der Waals surface area contributed by atoms with Crippen molar-refractivity contribution in [2.75, 3.05) is 17.9 Å². The molecule has 0 unspecified atom stereocenters. The third-order valence-corrected chi connectivity index (χ3v) is 5.58. The van der Waals surface area contributed by atoms with Gasteiger partial charge in [-0.05, 0) is 28.9 Å². The highest BCUT2D eigenvalue weighted by Gasteiger charge is 2.22. The summed E-state index contributed by atoms with van der Waals surface area (Å²) in [7, 11) is -4.02. The fraction of sp³-hybridized carbons (Fsp3) is 0.200. The van der Waals surface area contributed by atoms with Crippen LogP contribution < -0.4 is 14.2 Å². The van der Waals surface area contributed by atoms with Gasteiger partial charge in [0.1, 0.15) is 13.2 Å². The van der Waals surface area contributed by atoms with Crippen molar-refractivity contribution in [1.29, 1.82) is 0 Å². The van der Waals surface area contributed by atoms with Crippen LogP contribution in [0.5, 0.6) is 11.5 Å². The van der Waals surface area contributed by atoms with Gasteiger partial charge in [-0.3, -0.25) is 14.8 Å². The SMILES string of the molecule is Cc1ccc(S(=O)(=O)Nc2cc3c(cc2Br)OCCO3)cc1[N+](=O)[O-]. The average Bonchev–Trinajstić information content (AvgIpc) is 2.55. The summed E-state index contributed by atoms with van der Waals surface area (Å²) in [5.41, 5.74) is 0.362. The maximum absolute atomic E-state index is 12.6. The topological polar surface area (TPSA) is 108 Å². The molecule has 1 N–H and O–H groups in total. The van der Waals surface area contributed by atoms with Gasteiger partial charge in [-0.1, -0.05) is 6.07 Å². The van der Waals surface area contributed by atoms with Crippen LogP contribution >= 0.6 is 15.9 Å². The predicted molar refractivity (Wildman–Crippen MR) is 93.8 cm³/mol. The Hall–Kier alpha value is -2.33. The van der Waals surface area contributed by atoms with E-state index in [2.05, 4.69) is 20.7 Å². The highest BCUT2D eigenvalue weighted by Crippen LogP contribution is 2.39. The van der Waals surface area contributed by atoms with Crippen molar-refractivity contribution in [3.05, 3.63) is 50.5 Å². The molecule has 0 saturated carbocycles. The molecule has 3 rings (SSSR count). The molecular weight excluding hydrogens is 416 g/mol. The molecule has 0 radical (unpaired) electrons. The van der Waals surface area contributed by atoms with E-state index in [-0.39, 0.29) is 16.3 Å². The molecule has 0 spiro atoms. The van der Waals surface area contributed by atoms with E-state index in [4.69, 9.17) is 9.47 Å². The van der Waals surface area contributed by atoms with Crippen LogP contribution in [0.15, 0.2) is 39.7 Å². The first kappa shape index (κ1) is 17.5. The van der Waals surface area contributed by atoms with E-state index >= 15 is 0 Å². The summed E-state index contributed by atoms with van der Waals surface area (Å²) in [5, 5.41) is 11.0. The maximum atomic E-state index is 12.6. The number of hydrogen-bond acceptors (Lipinski definition) is 6. The summed E-state index contributed by atoms with van der Waals surface area (Å²) in [6.45, 7) is 2.32. The molecule has 0 atom stereocenters. The smallest absolute Gasteiger partial charge is 0.273 e. The summed E-state index contributed by atoms with van der Waals surface area (Å²) in [6.07, 6.45) is 0. The molecule has 1 aliphatic rings. The molecule has 1 aliphatic heterocycles. The fourth-order valence-corrected chi connectivity index (χ4v) is 3.94. The van der Waals surface area contributed by atoms with Crippen molar-refractivity contribution in [2.24, 2.45) is 0 Å². The third-order valence-electron chi connectivity index (χ3n) is 3.56. The van der Waals surface area contributed by atoms with Crippen LogP contribution in [-0.4, -0.2) is 26.6 Å². The number of ether oxygens (including phenoxy) is 2. The lowest BCUT2D eigenvalue weighted by atomic mass is 10.2. The second-order valence-electron chi connectivity index (χ2n) is 5.29. The Labute approximate surface area is 152 Å². The van der Waals surface area contributed by atoms with Crippen LogP contribution in [0.1, 0.15) is 5.56 Å². The number of nitro benzene ring substituents is 1. The lowest BCUT2D eigenvalue weighted by Crippen LogP contribution is -2.17. The zero-order valence-corrected chi connectivity index (χ0v) is 15.4. The Bertz CT molecular complexity index is 961. The number of nitrogens with one attached hydrogen (secondary N) is 1. The summed E-state index contributed by atoms with van der Waals surface area (Å²) >= 11 is 3.28. The fourth-order valence-electron chi connectivity index (χ4n) is 2.30. The Morgan fingerprint density at radius 3 is 2.44 bits per heavy atom. The molecule has 2 aromatic rings. The van der Waals surface area contributed by atoms with Crippen LogP contribution in [0.3, 0.4) is 0 Å². The van der Waals surface area contributed by atoms with Crippen LogP contribution in [0.2, 0.25) is 0 Å². The van der Waals surface area contributed by atoms with Crippen LogP contribution in [0, 0.1) is 17.0 Å². The van der Waals surface area contributed by atoms with Gasteiger partial charge >= 0.3 is 0 Å². The third kappa shape index (κ3) is 3.54. The van der Waals surface area contributed by atoms with Gasteiger partial charge in [0.2, 0.25) is 0 Å². The lowest BCUT2D eigenvalue weighted by molar-refractivity contribution is -0.385. The van der Waals surface area contributed by atoms with Crippen molar-refractivity contribution in [1.82, 2.24) is 0 Å². The van der Waals surface area contributed by atoms with Gasteiger partial charge < -0.3 is 9.47 Å². The van der Waals surface area contributed by atoms with Gasteiger partial charge in [-0.2, -0.15) is 0 Å². The van der Waals surface area contributed by atoms with Gasteiger partial charge in [0.05, 0.1) is 15.5 Å². The molecule has 25 heavy (non-hydrogen) atoms. The zero-order valence-electron chi connectivity index (χ0n) is 13.0. The largest absolute Gasteiger partial charge is 0.486 e. The normalized spacial score (nSPS) is 13.4. The van der Waals surface area contributed by atoms with Crippen LogP contribution in [0.4, 0.5) is 11.4 Å². The summed E-state index contributed by atoms with van der Waals surface area (Å²) in [5.74, 6) is 0.925. The molecule has 2 aromatic carbocycles. The number of sulfonamides is 1. The monoisotopic (exact) mass is 428 g/mol. The standard InChI is InChI=1S/C15H13BrN2O6S/c1-9-2-3-10(6-13(9)18(19)20)25(21,22)17-12-8-15-14(7-11(12)16)23-4-5-24-15/h2-3,6-8,17H,4-5H2,1H3. The number of nitro groups is 1. The van der Waals surface area contributed by atoms with Crippen molar-refractivity contribution in [3.8, 4) is 11.5 Å². The highest BCUT2D eigenvalue weighted by molar-refractivity contribution is 9.10. The molecule has 1 heterocycles. The minimum absolute atomic E-state index is 0.202. The van der Waals surface area contributed by atoms with Crippen molar-refractivity contribution >= 4 is 37.3 Å². The first-order valence-corrected chi connectivity index (χ1v) is 9.42. The molecule has 132 valence electrons. The molecule has 0 bridgehead atoms. The molecule has 0 saturated heterocycles. The quantitative estimate of drug-likeness (QED) is 0.591. The maximum Gasteiger partial charge on any atom is 0.273 e. The number of benzene rings is 2. The van der Waals surface area contributed by atoms with E-state index in [1.54, 1.807) is 13.0 Å². The number of aryl methyl sites for hydroxylation is 1. The minimum Gasteiger partial charge on any atom is -0.486 e. The number of halogens is 1. The summed E-state index contributed by atoms with van der Waals surface area (Å²) in [6, 6.07) is 6.84. The first-order chi connectivity index (χ1) is 11.8. The van der Waals surface area contributed by atoms with Crippen LogP contribution in [-0.2, 0) is 10.0 Å². The molecule has 0 fully saturated rings. The molecule has 0 amide bonds. The van der Waals surface area contributed by atoms with E-state index in [0.29, 0.717) is 34.7 Å². The van der Waals surface area contributed by atoms with Crippen molar-refractivity contribution in [2.45, 2.75) is 11.8 Å². The highest BCUT2D eigenvalue weighted by atomic mass is 79.9. The lowest BCUT2D eigenvalue weighted by Gasteiger charge is -2.20. The number of hydrogen-bond donors (Lipinski definition) is 1. The van der Waals surface area contributed by atoms with Gasteiger partial charge in [0.15, 0.2) is 11.5 Å². The van der Waals surface area contributed by atoms with Gasteiger partial charge in [0, 0.05) is 28.2 Å². The van der Waals surface area contributed by atoms with E-state index in [1.807, 2.05) is 0 Å². The molecule has 0 aliphatic carbocycles. The van der Waals surface area contributed by atoms with Crippen molar-refractivity contribution < 1.29 is 22.8 Å². The predicted octanol–water partition coefficient (Wildman–Crippen LogP) is 3.24. The van der Waals surface area contributed by atoms with Gasteiger partial charge in [-0.15, -0.1) is 0 Å². The van der Waals surface area contributed by atoms with Gasteiger partial charge in [0.25, 0.3) is 15.7 Å². The number of anilines is 1. The first-order valence-electron chi connectivity index (χ1n) is 7.15. The van der Waals surface area contributed by atoms with Crippen LogP contribution in [0.25, 0.3) is 0 Å². The van der Waals surface area contributed by atoms with Gasteiger partial charge in [-0.25, -0.2) is 8.42 Å². The summed E-state index contributed by atoms with van der Waals surface area (Å²) in [4.78, 5) is 10.2. The Kier molecular flexibility index (Phi) is 4.56. The number of fused-ring (bicyclic) bond motifs is 1. The number of nitrogens with zero attached hydrogens (tertiary/aromatic N) is 1. The summed E-state index contributed by atoms with van der Waals surface area (Å²) < 4.78 is 38.9. The molecule has 0 aromatic heterocycles. The molecular formula is C15H13BrN2O6S. The Morgan fingerprint density at radius 2 is 1.80 bits per heavy atom. The van der Waals surface area contributed by atoms with E-state index in [0.717, 1.165) is 6.07 Å². The Morgan fingerprint density at radius 1 is 1.16 bits per heavy atom. The van der Waals surface area contributed by atoms with E-state index in [9.17, 15) is 18.5 Å². The van der Waals surface area contributed by atoms with E-state index in [1.165, 1.54) is 18.2 Å². The average molecular weight is 429 g/mol. The molecule has 8 nitrogen and oxygen atoms in total. The van der Waals surface area contributed by atoms with Crippen molar-refractivity contribution in [3.63, 3.8) is 0 Å².